The number of amides is 2. The molecule has 0 aromatic heterocycles. The highest BCUT2D eigenvalue weighted by Crippen LogP contribution is 2.65. The number of hydrogen-bond donors (Lipinski definition) is 4. The Bertz CT molecular complexity index is 917. The van der Waals surface area contributed by atoms with E-state index < -0.39 is 16.0 Å². The van der Waals surface area contributed by atoms with Crippen molar-refractivity contribution in [1.29, 1.82) is 0 Å². The van der Waals surface area contributed by atoms with Gasteiger partial charge in [-0.2, -0.15) is 0 Å². The Morgan fingerprint density at radius 3 is 2.53 bits per heavy atom. The second-order valence-corrected chi connectivity index (χ2v) is 11.1. The fourth-order valence-corrected chi connectivity index (χ4v) is 7.02. The molecule has 0 heterocycles. The van der Waals surface area contributed by atoms with Gasteiger partial charge in [0.2, 0.25) is 10.0 Å². The maximum atomic E-state index is 12.5. The summed E-state index contributed by atoms with van der Waals surface area (Å²) in [5.41, 5.74) is 0.914. The number of hydrogen-bond acceptors (Lipinski definition) is 4. The van der Waals surface area contributed by atoms with Gasteiger partial charge in [-0.25, -0.2) is 17.9 Å². The molecule has 4 fully saturated rings. The summed E-state index contributed by atoms with van der Waals surface area (Å²) in [6, 6.07) is 5.72. The van der Waals surface area contributed by atoms with Crippen LogP contribution in [-0.2, 0) is 14.8 Å². The second-order valence-electron chi connectivity index (χ2n) is 9.30. The molecule has 5 rings (SSSR count). The Balaban J connectivity index is 1.29. The number of rotatable bonds is 8. The van der Waals surface area contributed by atoms with Gasteiger partial charge in [0.1, 0.15) is 0 Å². The zero-order chi connectivity index (χ0) is 21.4. The zero-order valence-corrected chi connectivity index (χ0v) is 17.8. The Morgan fingerprint density at radius 2 is 1.87 bits per heavy atom. The number of aliphatic carboxylic acids is 1. The topological polar surface area (TPSA) is 125 Å². The first-order valence-corrected chi connectivity index (χ1v) is 12.1. The maximum absolute atomic E-state index is 12.5. The molecule has 1 unspecified atom stereocenters. The standard InChI is InChI=1S/C21H29N3O5S/c25-18(26)4-2-10-22-30(28,29)17-7-5-16(6-8-17)23-19(27)24-21-12-15-3-1-9-20(11-15,13-21)14-21/h5-8,15,22H,1-4,9-14H2,(H,25,26)(H2,23,24,27). The van der Waals surface area contributed by atoms with Crippen LogP contribution in [0.4, 0.5) is 10.5 Å². The third kappa shape index (κ3) is 4.46. The van der Waals surface area contributed by atoms with Crippen LogP contribution in [-0.4, -0.2) is 37.6 Å². The molecular weight excluding hydrogens is 406 g/mol. The van der Waals surface area contributed by atoms with Gasteiger partial charge in [-0.15, -0.1) is 0 Å². The van der Waals surface area contributed by atoms with Crippen LogP contribution in [0.15, 0.2) is 29.2 Å². The maximum Gasteiger partial charge on any atom is 0.319 e. The molecule has 9 heteroatoms. The van der Waals surface area contributed by atoms with Gasteiger partial charge in [-0.1, -0.05) is 12.8 Å². The van der Waals surface area contributed by atoms with Crippen LogP contribution in [0.2, 0.25) is 0 Å². The molecule has 4 saturated carbocycles. The van der Waals surface area contributed by atoms with E-state index in [2.05, 4.69) is 15.4 Å². The van der Waals surface area contributed by atoms with E-state index in [1.165, 1.54) is 37.8 Å². The molecule has 30 heavy (non-hydrogen) atoms. The van der Waals surface area contributed by atoms with Crippen LogP contribution in [0.3, 0.4) is 0 Å². The van der Waals surface area contributed by atoms with E-state index in [-0.39, 0.29) is 35.9 Å². The minimum Gasteiger partial charge on any atom is -0.481 e. The molecule has 3 bridgehead atoms. The second kappa shape index (κ2) is 7.85. The molecule has 0 saturated heterocycles. The number of carbonyl (C=O) groups is 2. The Morgan fingerprint density at radius 1 is 1.13 bits per heavy atom. The molecule has 1 aromatic rings. The van der Waals surface area contributed by atoms with Gasteiger partial charge in [0, 0.05) is 24.2 Å². The number of carbonyl (C=O) groups excluding carboxylic acids is 1. The first kappa shape index (κ1) is 21.1. The largest absolute Gasteiger partial charge is 0.481 e. The van der Waals surface area contributed by atoms with Crippen molar-refractivity contribution in [3.05, 3.63) is 24.3 Å². The monoisotopic (exact) mass is 435 g/mol. The fourth-order valence-electron chi connectivity index (χ4n) is 5.95. The minimum absolute atomic E-state index is 0.0572. The van der Waals surface area contributed by atoms with Gasteiger partial charge in [0.15, 0.2) is 0 Å². The Labute approximate surface area is 176 Å². The van der Waals surface area contributed by atoms with Gasteiger partial charge in [0.25, 0.3) is 0 Å². The van der Waals surface area contributed by atoms with E-state index in [9.17, 15) is 18.0 Å². The van der Waals surface area contributed by atoms with Gasteiger partial charge in [-0.3, -0.25) is 4.79 Å². The quantitative estimate of drug-likeness (QED) is 0.467. The zero-order valence-electron chi connectivity index (χ0n) is 16.9. The highest BCUT2D eigenvalue weighted by molar-refractivity contribution is 7.89. The lowest BCUT2D eigenvalue weighted by molar-refractivity contribution is -0.137. The van der Waals surface area contributed by atoms with Crippen LogP contribution in [0.25, 0.3) is 0 Å². The summed E-state index contributed by atoms with van der Waals surface area (Å²) in [6.45, 7) is 0.0572. The van der Waals surface area contributed by atoms with Crippen LogP contribution in [0.5, 0.6) is 0 Å². The van der Waals surface area contributed by atoms with E-state index in [1.807, 2.05) is 0 Å². The van der Waals surface area contributed by atoms with Crippen LogP contribution < -0.4 is 15.4 Å². The third-order valence-electron chi connectivity index (χ3n) is 6.81. The lowest BCUT2D eigenvalue weighted by Gasteiger charge is -2.65. The van der Waals surface area contributed by atoms with E-state index in [1.54, 1.807) is 12.1 Å². The number of benzene rings is 1. The molecule has 1 atom stereocenters. The predicted octanol–water partition coefficient (Wildman–Crippen LogP) is 3.06. The van der Waals surface area contributed by atoms with E-state index in [0.717, 1.165) is 25.2 Å². The van der Waals surface area contributed by atoms with Crippen molar-refractivity contribution in [1.82, 2.24) is 10.0 Å². The van der Waals surface area contributed by atoms with Crippen LogP contribution in [0.1, 0.15) is 57.8 Å². The summed E-state index contributed by atoms with van der Waals surface area (Å²) in [5.74, 6) is -0.231. The lowest BCUT2D eigenvalue weighted by Crippen LogP contribution is -2.67. The summed E-state index contributed by atoms with van der Waals surface area (Å²) in [7, 11) is -3.71. The van der Waals surface area contributed by atoms with Crippen molar-refractivity contribution in [2.75, 3.05) is 11.9 Å². The van der Waals surface area contributed by atoms with Crippen LogP contribution in [0, 0.1) is 11.3 Å². The van der Waals surface area contributed by atoms with E-state index in [0.29, 0.717) is 11.1 Å². The van der Waals surface area contributed by atoms with Crippen molar-refractivity contribution >= 4 is 27.7 Å². The normalized spacial score (nSPS) is 29.5. The highest BCUT2D eigenvalue weighted by Gasteiger charge is 2.61. The molecule has 1 aromatic carbocycles. The number of urea groups is 1. The molecule has 8 nitrogen and oxygen atoms in total. The molecule has 4 aliphatic rings. The molecule has 0 aliphatic heterocycles. The first-order valence-electron chi connectivity index (χ1n) is 10.6. The number of nitrogens with one attached hydrogen (secondary N) is 3. The van der Waals surface area contributed by atoms with Gasteiger partial charge >= 0.3 is 12.0 Å². The van der Waals surface area contributed by atoms with E-state index >= 15 is 0 Å². The van der Waals surface area contributed by atoms with Crippen molar-refractivity contribution in [3.8, 4) is 0 Å². The smallest absolute Gasteiger partial charge is 0.319 e. The molecule has 0 radical (unpaired) electrons. The summed E-state index contributed by atoms with van der Waals surface area (Å²) in [4.78, 5) is 23.1. The SMILES string of the molecule is O=C(O)CCCNS(=O)(=O)c1ccc(NC(=O)NC23CC4CCCC(C4)(C2)C3)cc1. The summed E-state index contributed by atoms with van der Waals surface area (Å²) >= 11 is 0. The summed E-state index contributed by atoms with van der Waals surface area (Å²) < 4.78 is 26.9. The lowest BCUT2D eigenvalue weighted by atomic mass is 9.43. The minimum atomic E-state index is -3.71. The van der Waals surface area contributed by atoms with Gasteiger partial charge in [0.05, 0.1) is 4.90 Å². The van der Waals surface area contributed by atoms with Crippen molar-refractivity contribution in [3.63, 3.8) is 0 Å². The third-order valence-corrected chi connectivity index (χ3v) is 8.28. The molecule has 164 valence electrons. The predicted molar refractivity (Wildman–Crippen MR) is 112 cm³/mol. The van der Waals surface area contributed by atoms with Crippen LogP contribution >= 0.6 is 0 Å². The van der Waals surface area contributed by atoms with Crippen molar-refractivity contribution in [2.45, 2.75) is 68.2 Å². The van der Waals surface area contributed by atoms with Gasteiger partial charge < -0.3 is 15.7 Å². The summed E-state index contributed by atoms with van der Waals surface area (Å²) in [6.07, 6.45) is 8.54. The molecule has 4 N–H and O–H groups in total. The molecule has 2 amide bonds. The summed E-state index contributed by atoms with van der Waals surface area (Å²) in [5, 5.41) is 14.6. The highest BCUT2D eigenvalue weighted by atomic mass is 32.2. The van der Waals surface area contributed by atoms with Gasteiger partial charge in [-0.05, 0) is 74.1 Å². The van der Waals surface area contributed by atoms with Crippen molar-refractivity contribution < 1.29 is 23.1 Å². The molecule has 1 spiro atoms. The van der Waals surface area contributed by atoms with E-state index in [4.69, 9.17) is 5.11 Å². The number of anilines is 1. The molecular formula is C21H29N3O5S. The number of sulfonamides is 1. The number of carboxylic acids is 1. The van der Waals surface area contributed by atoms with Crippen molar-refractivity contribution in [2.24, 2.45) is 11.3 Å². The Kier molecular flexibility index (Phi) is 5.52. The Hall–Kier alpha value is -2.13. The fraction of sp³-hybridized carbons (Fsp3) is 0.619. The first-order chi connectivity index (χ1) is 14.2. The average molecular weight is 436 g/mol. The average Bonchev–Trinajstić information content (AvgIpc) is 2.64. The molecule has 4 aliphatic carbocycles. The number of carboxylic acid groups (broad SMARTS) is 1.